The number of hydrogen-bond donors (Lipinski definition) is 1. The third kappa shape index (κ3) is 3.93. The molecule has 0 heterocycles. The van der Waals surface area contributed by atoms with E-state index in [2.05, 4.69) is 6.08 Å². The third-order valence-electron chi connectivity index (χ3n) is 3.94. The van der Waals surface area contributed by atoms with Gasteiger partial charge in [0.1, 0.15) is 17.1 Å². The predicted octanol–water partition coefficient (Wildman–Crippen LogP) is 4.30. The van der Waals surface area contributed by atoms with Crippen LogP contribution in [0.5, 0.6) is 11.5 Å². The molecule has 23 heavy (non-hydrogen) atoms. The highest BCUT2D eigenvalue weighted by Gasteiger charge is 2.30. The molecule has 3 heteroatoms. The summed E-state index contributed by atoms with van der Waals surface area (Å²) in [6.07, 6.45) is 2.56. The lowest BCUT2D eigenvalue weighted by Gasteiger charge is -2.29. The maximum atomic E-state index is 11.4. The topological polar surface area (TPSA) is 38.7 Å². The molecule has 0 aliphatic heterocycles. The minimum absolute atomic E-state index is 0.508. The normalized spacial score (nSPS) is 11.0. The van der Waals surface area contributed by atoms with Gasteiger partial charge in [0.15, 0.2) is 0 Å². The Morgan fingerprint density at radius 1 is 0.870 bits per heavy atom. The van der Waals surface area contributed by atoms with E-state index in [1.165, 1.54) is 5.57 Å². The molecule has 0 saturated heterocycles. The van der Waals surface area contributed by atoms with Crippen molar-refractivity contribution in [1.82, 2.24) is 0 Å². The maximum Gasteiger partial charge on any atom is 0.118 e. The number of methoxy groups -OCH3 is 2. The van der Waals surface area contributed by atoms with E-state index in [1.807, 2.05) is 62.4 Å². The fourth-order valence-corrected chi connectivity index (χ4v) is 2.49. The van der Waals surface area contributed by atoms with Gasteiger partial charge in [0.2, 0.25) is 0 Å². The highest BCUT2D eigenvalue weighted by molar-refractivity contribution is 5.41. The minimum atomic E-state index is -1.09. The van der Waals surface area contributed by atoms with Crippen LogP contribution in [0.2, 0.25) is 0 Å². The molecule has 0 spiro atoms. The van der Waals surface area contributed by atoms with Crippen LogP contribution in [0.15, 0.2) is 60.2 Å². The van der Waals surface area contributed by atoms with Crippen molar-refractivity contribution >= 4 is 0 Å². The number of rotatable bonds is 6. The van der Waals surface area contributed by atoms with E-state index >= 15 is 0 Å². The Hall–Kier alpha value is -2.26. The Bertz CT molecular complexity index is 603. The van der Waals surface area contributed by atoms with Crippen molar-refractivity contribution in [2.45, 2.75) is 25.9 Å². The van der Waals surface area contributed by atoms with Gasteiger partial charge < -0.3 is 14.6 Å². The van der Waals surface area contributed by atoms with Crippen molar-refractivity contribution in [3.63, 3.8) is 0 Å². The summed E-state index contributed by atoms with van der Waals surface area (Å²) in [5.41, 5.74) is 1.75. The summed E-state index contributed by atoms with van der Waals surface area (Å²) >= 11 is 0. The molecular weight excluding hydrogens is 288 g/mol. The van der Waals surface area contributed by atoms with E-state index in [1.54, 1.807) is 14.2 Å². The lowest BCUT2D eigenvalue weighted by atomic mass is 9.83. The SMILES string of the molecule is COc1ccc(C(O)(CC=C(C)C)c2ccc(OC)cc2)cc1. The Kier molecular flexibility index (Phi) is 5.45. The quantitative estimate of drug-likeness (QED) is 0.808. The maximum absolute atomic E-state index is 11.4. The van der Waals surface area contributed by atoms with Gasteiger partial charge in [-0.3, -0.25) is 0 Å². The highest BCUT2D eigenvalue weighted by atomic mass is 16.5. The first-order valence-corrected chi connectivity index (χ1v) is 7.64. The van der Waals surface area contributed by atoms with E-state index in [4.69, 9.17) is 9.47 Å². The highest BCUT2D eigenvalue weighted by Crippen LogP contribution is 2.35. The van der Waals surface area contributed by atoms with Crippen LogP contribution < -0.4 is 9.47 Å². The zero-order valence-electron chi connectivity index (χ0n) is 14.2. The van der Waals surface area contributed by atoms with Crippen LogP contribution in [0.1, 0.15) is 31.4 Å². The molecule has 0 aliphatic rings. The van der Waals surface area contributed by atoms with E-state index < -0.39 is 5.60 Å². The van der Waals surface area contributed by atoms with E-state index in [0.29, 0.717) is 6.42 Å². The lowest BCUT2D eigenvalue weighted by Crippen LogP contribution is -2.26. The predicted molar refractivity (Wildman–Crippen MR) is 93.0 cm³/mol. The molecule has 0 amide bonds. The van der Waals surface area contributed by atoms with Gasteiger partial charge in [-0.1, -0.05) is 35.9 Å². The number of allylic oxidation sites excluding steroid dienone is 1. The summed E-state index contributed by atoms with van der Waals surface area (Å²) in [5.74, 6) is 1.54. The Morgan fingerprint density at radius 3 is 1.57 bits per heavy atom. The molecular formula is C20H24O3. The van der Waals surface area contributed by atoms with Gasteiger partial charge in [-0.25, -0.2) is 0 Å². The summed E-state index contributed by atoms with van der Waals surface area (Å²) < 4.78 is 10.4. The molecule has 1 N–H and O–H groups in total. The van der Waals surface area contributed by atoms with Gasteiger partial charge in [-0.2, -0.15) is 0 Å². The van der Waals surface area contributed by atoms with Crippen molar-refractivity contribution in [3.8, 4) is 11.5 Å². The second-order valence-electron chi connectivity index (χ2n) is 5.80. The summed E-state index contributed by atoms with van der Waals surface area (Å²) in [5, 5.41) is 11.4. The van der Waals surface area contributed by atoms with Crippen LogP contribution in [0.25, 0.3) is 0 Å². The molecule has 0 aromatic heterocycles. The number of hydrogen-bond acceptors (Lipinski definition) is 3. The second-order valence-corrected chi connectivity index (χ2v) is 5.80. The van der Waals surface area contributed by atoms with Crippen molar-refractivity contribution < 1.29 is 14.6 Å². The van der Waals surface area contributed by atoms with E-state index in [0.717, 1.165) is 22.6 Å². The van der Waals surface area contributed by atoms with Gasteiger partial charge in [-0.05, 0) is 49.2 Å². The standard InChI is InChI=1S/C20H24O3/c1-15(2)13-14-20(21,16-5-9-18(22-3)10-6-16)17-7-11-19(23-4)12-8-17/h5-13,21H,14H2,1-4H3. The number of benzene rings is 2. The second kappa shape index (κ2) is 7.34. The van der Waals surface area contributed by atoms with Crippen molar-refractivity contribution in [3.05, 3.63) is 71.3 Å². The van der Waals surface area contributed by atoms with Crippen LogP contribution >= 0.6 is 0 Å². The molecule has 0 fully saturated rings. The fraction of sp³-hybridized carbons (Fsp3) is 0.300. The van der Waals surface area contributed by atoms with Crippen LogP contribution in [-0.4, -0.2) is 19.3 Å². The molecule has 0 radical (unpaired) electrons. The van der Waals surface area contributed by atoms with Gasteiger partial charge in [0.05, 0.1) is 14.2 Å². The molecule has 2 rings (SSSR count). The average molecular weight is 312 g/mol. The van der Waals surface area contributed by atoms with Gasteiger partial charge in [0, 0.05) is 6.42 Å². The number of aliphatic hydroxyl groups is 1. The molecule has 0 saturated carbocycles. The smallest absolute Gasteiger partial charge is 0.118 e. The first-order chi connectivity index (χ1) is 11.0. The van der Waals surface area contributed by atoms with Gasteiger partial charge in [0.25, 0.3) is 0 Å². The van der Waals surface area contributed by atoms with Gasteiger partial charge in [-0.15, -0.1) is 0 Å². The monoisotopic (exact) mass is 312 g/mol. The molecule has 3 nitrogen and oxygen atoms in total. The summed E-state index contributed by atoms with van der Waals surface area (Å²) in [4.78, 5) is 0. The Labute approximate surface area is 138 Å². The van der Waals surface area contributed by atoms with Crippen molar-refractivity contribution in [1.29, 1.82) is 0 Å². The first-order valence-electron chi connectivity index (χ1n) is 7.64. The largest absolute Gasteiger partial charge is 0.497 e. The number of ether oxygens (including phenoxy) is 2. The van der Waals surface area contributed by atoms with Crippen LogP contribution in [0.3, 0.4) is 0 Å². The van der Waals surface area contributed by atoms with Crippen molar-refractivity contribution in [2.75, 3.05) is 14.2 Å². The fourth-order valence-electron chi connectivity index (χ4n) is 2.49. The Morgan fingerprint density at radius 2 is 1.26 bits per heavy atom. The zero-order valence-corrected chi connectivity index (χ0v) is 14.2. The van der Waals surface area contributed by atoms with Crippen LogP contribution in [-0.2, 0) is 5.60 Å². The summed E-state index contributed by atoms with van der Waals surface area (Å²) in [6, 6.07) is 15.1. The summed E-state index contributed by atoms with van der Waals surface area (Å²) in [6.45, 7) is 4.06. The van der Waals surface area contributed by atoms with Gasteiger partial charge >= 0.3 is 0 Å². The molecule has 0 aliphatic carbocycles. The average Bonchev–Trinajstić information content (AvgIpc) is 2.59. The van der Waals surface area contributed by atoms with Crippen LogP contribution in [0, 0.1) is 0 Å². The van der Waals surface area contributed by atoms with Crippen molar-refractivity contribution in [2.24, 2.45) is 0 Å². The molecule has 0 unspecified atom stereocenters. The lowest BCUT2D eigenvalue weighted by molar-refractivity contribution is 0.0838. The molecule has 2 aromatic carbocycles. The molecule has 0 atom stereocenters. The Balaban J connectivity index is 2.46. The molecule has 122 valence electrons. The zero-order chi connectivity index (χ0) is 16.9. The third-order valence-corrected chi connectivity index (χ3v) is 3.94. The summed E-state index contributed by atoms with van der Waals surface area (Å²) in [7, 11) is 3.27. The molecule has 2 aromatic rings. The van der Waals surface area contributed by atoms with Crippen LogP contribution in [0.4, 0.5) is 0 Å². The minimum Gasteiger partial charge on any atom is -0.497 e. The van der Waals surface area contributed by atoms with E-state index in [9.17, 15) is 5.11 Å². The first kappa shape index (κ1) is 17.1. The van der Waals surface area contributed by atoms with E-state index in [-0.39, 0.29) is 0 Å². The molecule has 0 bridgehead atoms.